The molecule has 0 fully saturated rings. The Morgan fingerprint density at radius 2 is 1.79 bits per heavy atom. The third kappa shape index (κ3) is 3.32. The van der Waals surface area contributed by atoms with Crippen molar-refractivity contribution in [1.29, 1.82) is 0 Å². The van der Waals surface area contributed by atoms with Gasteiger partial charge in [-0.3, -0.25) is 0 Å². The summed E-state index contributed by atoms with van der Waals surface area (Å²) >= 11 is 0. The Balaban J connectivity index is 2.18. The average molecular weight is 260 g/mol. The Bertz CT molecular complexity index is 559. The van der Waals surface area contributed by atoms with Gasteiger partial charge in [0.15, 0.2) is 11.6 Å². The van der Waals surface area contributed by atoms with Crippen LogP contribution in [0.3, 0.4) is 0 Å². The Morgan fingerprint density at radius 3 is 2.42 bits per heavy atom. The third-order valence-corrected chi connectivity index (χ3v) is 2.88. The largest absolute Gasteiger partial charge is 0.485 e. The molecule has 0 unspecified atom stereocenters. The summed E-state index contributed by atoms with van der Waals surface area (Å²) in [6, 6.07) is 10.6. The summed E-state index contributed by atoms with van der Waals surface area (Å²) in [6.07, 6.45) is 0. The molecule has 0 spiro atoms. The fourth-order valence-corrected chi connectivity index (χ4v) is 2.15. The molecule has 0 aliphatic heterocycles. The molecule has 2 aromatic rings. The molecule has 0 saturated carbocycles. The number of hydrogen-bond acceptors (Lipinski definition) is 2. The van der Waals surface area contributed by atoms with E-state index in [2.05, 4.69) is 6.07 Å². The second-order valence-corrected chi connectivity index (χ2v) is 4.67. The molecule has 2 aromatic carbocycles. The first-order valence-electron chi connectivity index (χ1n) is 6.18. The molecule has 0 amide bonds. The minimum Gasteiger partial charge on any atom is -0.485 e. The van der Waals surface area contributed by atoms with Crippen LogP contribution in [0, 0.1) is 19.7 Å². The molecule has 2 rings (SSSR count). The molecule has 0 heterocycles. The number of rotatable bonds is 4. The first kappa shape index (κ1) is 13.6. The van der Waals surface area contributed by atoms with Gasteiger partial charge in [0, 0.05) is 5.56 Å². The highest BCUT2D eigenvalue weighted by Gasteiger charge is 2.09. The van der Waals surface area contributed by atoms with E-state index in [4.69, 9.17) is 4.74 Å². The van der Waals surface area contributed by atoms with Crippen molar-refractivity contribution in [3.05, 3.63) is 64.5 Å². The molecule has 0 aromatic heterocycles. The molecule has 0 bridgehead atoms. The second kappa shape index (κ2) is 5.85. The van der Waals surface area contributed by atoms with Crippen LogP contribution in [0.2, 0.25) is 0 Å². The van der Waals surface area contributed by atoms with Gasteiger partial charge in [-0.2, -0.15) is 0 Å². The topological polar surface area (TPSA) is 29.5 Å². The van der Waals surface area contributed by atoms with E-state index >= 15 is 0 Å². The fourth-order valence-electron chi connectivity index (χ4n) is 2.15. The van der Waals surface area contributed by atoms with E-state index in [1.54, 1.807) is 12.1 Å². The first-order valence-corrected chi connectivity index (χ1v) is 6.18. The van der Waals surface area contributed by atoms with E-state index < -0.39 is 5.82 Å². The molecule has 2 nitrogen and oxygen atoms in total. The van der Waals surface area contributed by atoms with Gasteiger partial charge in [0.25, 0.3) is 0 Å². The summed E-state index contributed by atoms with van der Waals surface area (Å²) in [7, 11) is 0. The van der Waals surface area contributed by atoms with Crippen molar-refractivity contribution in [2.75, 3.05) is 0 Å². The van der Waals surface area contributed by atoms with Crippen LogP contribution >= 0.6 is 0 Å². The fraction of sp³-hybridized carbons (Fsp3) is 0.250. The Morgan fingerprint density at radius 1 is 1.11 bits per heavy atom. The van der Waals surface area contributed by atoms with E-state index in [1.807, 2.05) is 26.0 Å². The van der Waals surface area contributed by atoms with Gasteiger partial charge < -0.3 is 9.84 Å². The van der Waals surface area contributed by atoms with Gasteiger partial charge >= 0.3 is 0 Å². The van der Waals surface area contributed by atoms with Crippen LogP contribution in [0.5, 0.6) is 5.75 Å². The summed E-state index contributed by atoms with van der Waals surface area (Å²) in [5.41, 5.74) is 3.75. The lowest BCUT2D eigenvalue weighted by Crippen LogP contribution is -2.01. The highest BCUT2D eigenvalue weighted by Crippen LogP contribution is 2.24. The van der Waals surface area contributed by atoms with Crippen molar-refractivity contribution in [2.45, 2.75) is 27.1 Å². The molecular weight excluding hydrogens is 243 g/mol. The number of aliphatic hydroxyl groups excluding tert-OH is 1. The average Bonchev–Trinajstić information content (AvgIpc) is 2.36. The van der Waals surface area contributed by atoms with Crippen LogP contribution in [0.15, 0.2) is 36.4 Å². The number of benzene rings is 2. The van der Waals surface area contributed by atoms with Crippen LogP contribution in [0.4, 0.5) is 4.39 Å². The molecule has 0 aliphatic carbocycles. The number of aliphatic hydroxyl groups is 1. The highest BCUT2D eigenvalue weighted by atomic mass is 19.1. The quantitative estimate of drug-likeness (QED) is 0.911. The minimum absolute atomic E-state index is 0.129. The molecule has 0 atom stereocenters. The van der Waals surface area contributed by atoms with Crippen LogP contribution in [0.1, 0.15) is 22.3 Å². The number of halogens is 1. The lowest BCUT2D eigenvalue weighted by Gasteiger charge is -2.12. The molecule has 3 heteroatoms. The van der Waals surface area contributed by atoms with E-state index in [0.717, 1.165) is 16.7 Å². The van der Waals surface area contributed by atoms with Gasteiger partial charge in [-0.05, 0) is 25.5 Å². The predicted molar refractivity (Wildman–Crippen MR) is 72.6 cm³/mol. The zero-order valence-electron chi connectivity index (χ0n) is 11.1. The Kier molecular flexibility index (Phi) is 4.17. The molecule has 100 valence electrons. The standard InChI is InChI=1S/C16H17FO2/c1-11-6-12(2)8-13(7-11)10-19-16-14(9-18)4-3-5-15(16)17/h3-8,18H,9-10H2,1-2H3. The molecule has 1 N–H and O–H groups in total. The molecule has 0 radical (unpaired) electrons. The van der Waals surface area contributed by atoms with E-state index in [0.29, 0.717) is 5.56 Å². The van der Waals surface area contributed by atoms with Crippen molar-refractivity contribution >= 4 is 0 Å². The number of ether oxygens (including phenoxy) is 1. The Labute approximate surface area is 112 Å². The van der Waals surface area contributed by atoms with Crippen molar-refractivity contribution in [2.24, 2.45) is 0 Å². The van der Waals surface area contributed by atoms with Gasteiger partial charge in [0.1, 0.15) is 6.61 Å². The SMILES string of the molecule is Cc1cc(C)cc(COc2c(F)cccc2CO)c1. The molecule has 0 saturated heterocycles. The van der Waals surface area contributed by atoms with E-state index in [-0.39, 0.29) is 19.0 Å². The second-order valence-electron chi connectivity index (χ2n) is 4.67. The normalized spacial score (nSPS) is 10.5. The number of hydrogen-bond donors (Lipinski definition) is 1. The summed E-state index contributed by atoms with van der Waals surface area (Å²) in [5, 5.41) is 9.18. The third-order valence-electron chi connectivity index (χ3n) is 2.88. The highest BCUT2D eigenvalue weighted by molar-refractivity contribution is 5.35. The van der Waals surface area contributed by atoms with Crippen molar-refractivity contribution in [1.82, 2.24) is 0 Å². The smallest absolute Gasteiger partial charge is 0.165 e. The lowest BCUT2D eigenvalue weighted by atomic mass is 10.1. The van der Waals surface area contributed by atoms with Gasteiger partial charge in [0.05, 0.1) is 6.61 Å². The number of aryl methyl sites for hydroxylation is 2. The predicted octanol–water partition coefficient (Wildman–Crippen LogP) is 3.51. The molecule has 19 heavy (non-hydrogen) atoms. The Hall–Kier alpha value is -1.87. The van der Waals surface area contributed by atoms with Crippen LogP contribution < -0.4 is 4.74 Å². The molecule has 0 aliphatic rings. The first-order chi connectivity index (χ1) is 9.10. The molecular formula is C16H17FO2. The minimum atomic E-state index is -0.448. The van der Waals surface area contributed by atoms with Crippen molar-refractivity contribution < 1.29 is 14.2 Å². The van der Waals surface area contributed by atoms with Gasteiger partial charge in [0.2, 0.25) is 0 Å². The maximum absolute atomic E-state index is 13.7. The van der Waals surface area contributed by atoms with E-state index in [1.165, 1.54) is 6.07 Å². The summed E-state index contributed by atoms with van der Waals surface area (Å²) in [5.74, 6) is -0.319. The zero-order chi connectivity index (χ0) is 13.8. The maximum atomic E-state index is 13.7. The number of para-hydroxylation sites is 1. The summed E-state index contributed by atoms with van der Waals surface area (Å²) < 4.78 is 19.2. The van der Waals surface area contributed by atoms with Crippen LogP contribution in [-0.2, 0) is 13.2 Å². The zero-order valence-corrected chi connectivity index (χ0v) is 11.1. The monoisotopic (exact) mass is 260 g/mol. The van der Waals surface area contributed by atoms with Gasteiger partial charge in [-0.15, -0.1) is 0 Å². The van der Waals surface area contributed by atoms with Crippen LogP contribution in [0.25, 0.3) is 0 Å². The van der Waals surface area contributed by atoms with Gasteiger partial charge in [-0.25, -0.2) is 4.39 Å². The van der Waals surface area contributed by atoms with E-state index in [9.17, 15) is 9.50 Å². The summed E-state index contributed by atoms with van der Waals surface area (Å²) in [6.45, 7) is 4.08. The van der Waals surface area contributed by atoms with Crippen molar-refractivity contribution in [3.8, 4) is 5.75 Å². The maximum Gasteiger partial charge on any atom is 0.165 e. The lowest BCUT2D eigenvalue weighted by molar-refractivity contribution is 0.251. The van der Waals surface area contributed by atoms with Gasteiger partial charge in [-0.1, -0.05) is 41.5 Å². The summed E-state index contributed by atoms with van der Waals surface area (Å²) in [4.78, 5) is 0. The van der Waals surface area contributed by atoms with Crippen molar-refractivity contribution in [3.63, 3.8) is 0 Å². The van der Waals surface area contributed by atoms with Crippen LogP contribution in [-0.4, -0.2) is 5.11 Å².